The van der Waals surface area contributed by atoms with Crippen LogP contribution >= 0.6 is 8.81 Å². The van der Waals surface area contributed by atoms with E-state index < -0.39 is 0 Å². The van der Waals surface area contributed by atoms with Gasteiger partial charge in [0.1, 0.15) is 5.52 Å². The highest BCUT2D eigenvalue weighted by Crippen LogP contribution is 2.11. The first-order valence-corrected chi connectivity index (χ1v) is 6.19. The van der Waals surface area contributed by atoms with Gasteiger partial charge >= 0.3 is 0 Å². The molecule has 1 atom stereocenters. The molecule has 0 aliphatic rings. The van der Waals surface area contributed by atoms with Crippen LogP contribution in [0.4, 0.5) is 5.95 Å². The van der Waals surface area contributed by atoms with Crippen molar-refractivity contribution in [2.24, 2.45) is 0 Å². The molecule has 0 aliphatic heterocycles. The van der Waals surface area contributed by atoms with Gasteiger partial charge in [0.15, 0.2) is 5.65 Å². The Kier molecular flexibility index (Phi) is 4.19. The monoisotopic (exact) mass is 255 g/mol. The lowest BCUT2D eigenvalue weighted by atomic mass is 10.5. The van der Waals surface area contributed by atoms with Gasteiger partial charge in [-0.1, -0.05) is 0 Å². The first-order valence-electron chi connectivity index (χ1n) is 5.08. The molecule has 0 aliphatic carbocycles. The molecular weight excluding hydrogens is 241 g/mol. The SMILES string of the molecule is COPCOCCn1cnc2cnc(N)nc21. The van der Waals surface area contributed by atoms with E-state index in [1.807, 2.05) is 4.57 Å². The summed E-state index contributed by atoms with van der Waals surface area (Å²) in [7, 11) is 2.03. The fourth-order valence-electron chi connectivity index (χ4n) is 1.37. The summed E-state index contributed by atoms with van der Waals surface area (Å²) in [6.45, 7) is 1.27. The number of nitrogen functional groups attached to an aromatic ring is 1. The standard InChI is InChI=1S/C9H14N5O2P/c1-15-17-6-16-3-2-14-5-12-7-4-11-9(10)13-8(7)14/h4-5,17H,2-3,6H2,1H3,(H2,10,11,13). The predicted molar refractivity (Wildman–Crippen MR) is 65.9 cm³/mol. The van der Waals surface area contributed by atoms with Crippen molar-refractivity contribution >= 4 is 25.9 Å². The molecule has 2 rings (SSSR count). The Bertz CT molecular complexity index is 489. The van der Waals surface area contributed by atoms with Gasteiger partial charge in [0.05, 0.1) is 25.5 Å². The van der Waals surface area contributed by atoms with Gasteiger partial charge in [-0.2, -0.15) is 4.98 Å². The van der Waals surface area contributed by atoms with E-state index in [9.17, 15) is 0 Å². The fourth-order valence-corrected chi connectivity index (χ4v) is 1.71. The van der Waals surface area contributed by atoms with Gasteiger partial charge in [0, 0.05) is 22.5 Å². The Morgan fingerprint density at radius 1 is 1.47 bits per heavy atom. The normalized spacial score (nSPS) is 11.8. The second-order valence-electron chi connectivity index (χ2n) is 3.28. The Balaban J connectivity index is 1.96. The van der Waals surface area contributed by atoms with E-state index in [0.717, 1.165) is 11.2 Å². The second-order valence-corrected chi connectivity index (χ2v) is 4.26. The summed E-state index contributed by atoms with van der Waals surface area (Å²) in [4.78, 5) is 12.2. The van der Waals surface area contributed by atoms with Gasteiger partial charge in [-0.25, -0.2) is 9.97 Å². The van der Waals surface area contributed by atoms with Crippen LogP contribution in [0.2, 0.25) is 0 Å². The van der Waals surface area contributed by atoms with Crippen molar-refractivity contribution in [2.45, 2.75) is 6.54 Å². The molecular formula is C9H14N5O2P. The van der Waals surface area contributed by atoms with E-state index >= 15 is 0 Å². The molecule has 2 aromatic rings. The highest BCUT2D eigenvalue weighted by atomic mass is 31.1. The first-order chi connectivity index (χ1) is 8.31. The van der Waals surface area contributed by atoms with Gasteiger partial charge in [0.2, 0.25) is 5.95 Å². The Morgan fingerprint density at radius 2 is 2.35 bits per heavy atom. The Hall–Kier alpha value is -1.30. The van der Waals surface area contributed by atoms with Crippen LogP contribution in [0.15, 0.2) is 12.5 Å². The summed E-state index contributed by atoms with van der Waals surface area (Å²) in [5.41, 5.74) is 7.00. The van der Waals surface area contributed by atoms with Crippen LogP contribution in [0, 0.1) is 0 Å². The third-order valence-electron chi connectivity index (χ3n) is 2.16. The number of ether oxygens (including phenoxy) is 1. The number of hydrogen-bond donors (Lipinski definition) is 1. The lowest BCUT2D eigenvalue weighted by molar-refractivity contribution is 0.166. The molecule has 7 nitrogen and oxygen atoms in total. The van der Waals surface area contributed by atoms with Gasteiger partial charge < -0.3 is 19.6 Å². The molecule has 0 fully saturated rings. The summed E-state index contributed by atoms with van der Waals surface area (Å²) < 4.78 is 12.2. The van der Waals surface area contributed by atoms with E-state index in [0.29, 0.717) is 28.3 Å². The molecule has 17 heavy (non-hydrogen) atoms. The highest BCUT2D eigenvalue weighted by molar-refractivity contribution is 7.31. The molecule has 1 unspecified atom stereocenters. The number of hydrogen-bond acceptors (Lipinski definition) is 6. The number of anilines is 1. The van der Waals surface area contributed by atoms with E-state index in [2.05, 4.69) is 15.0 Å². The van der Waals surface area contributed by atoms with Crippen molar-refractivity contribution in [2.75, 3.05) is 25.8 Å². The summed E-state index contributed by atoms with van der Waals surface area (Å²) >= 11 is 0. The molecule has 0 radical (unpaired) electrons. The van der Waals surface area contributed by atoms with E-state index in [4.69, 9.17) is 15.0 Å². The zero-order valence-corrected chi connectivity index (χ0v) is 10.5. The van der Waals surface area contributed by atoms with Gasteiger partial charge in [-0.05, 0) is 0 Å². The van der Waals surface area contributed by atoms with Crippen molar-refractivity contribution in [3.05, 3.63) is 12.5 Å². The predicted octanol–water partition coefficient (Wildman–Crippen LogP) is 0.622. The lowest BCUT2D eigenvalue weighted by Crippen LogP contribution is -2.06. The summed E-state index contributed by atoms with van der Waals surface area (Å²) in [5, 5.41) is 0. The molecule has 2 heterocycles. The minimum Gasteiger partial charge on any atom is -0.373 e. The van der Waals surface area contributed by atoms with E-state index in [1.165, 1.54) is 0 Å². The van der Waals surface area contributed by atoms with Crippen molar-refractivity contribution < 1.29 is 9.26 Å². The van der Waals surface area contributed by atoms with Gasteiger partial charge in [0.25, 0.3) is 0 Å². The number of nitrogens with zero attached hydrogens (tertiary/aromatic N) is 4. The molecule has 0 amide bonds. The first kappa shape index (κ1) is 12.2. The summed E-state index contributed by atoms with van der Waals surface area (Å²) in [6, 6.07) is 0. The molecule has 2 N–H and O–H groups in total. The third kappa shape index (κ3) is 3.09. The molecule has 2 aromatic heterocycles. The van der Waals surface area contributed by atoms with Crippen LogP contribution in [0.25, 0.3) is 11.2 Å². The minimum atomic E-state index is 0.251. The van der Waals surface area contributed by atoms with Crippen molar-refractivity contribution in [3.63, 3.8) is 0 Å². The fraction of sp³-hybridized carbons (Fsp3) is 0.444. The molecule has 92 valence electrons. The van der Waals surface area contributed by atoms with Gasteiger partial charge in [-0.15, -0.1) is 0 Å². The zero-order chi connectivity index (χ0) is 12.1. The van der Waals surface area contributed by atoms with Crippen LogP contribution in [0.3, 0.4) is 0 Å². The molecule has 0 saturated carbocycles. The Labute approximate surface area is 100 Å². The van der Waals surface area contributed by atoms with Crippen LogP contribution < -0.4 is 5.73 Å². The maximum Gasteiger partial charge on any atom is 0.222 e. The van der Waals surface area contributed by atoms with Crippen molar-refractivity contribution in [1.82, 2.24) is 19.5 Å². The molecule has 0 bridgehead atoms. The molecule has 0 aromatic carbocycles. The minimum absolute atomic E-state index is 0.251. The smallest absolute Gasteiger partial charge is 0.222 e. The largest absolute Gasteiger partial charge is 0.373 e. The average molecular weight is 255 g/mol. The third-order valence-corrected chi connectivity index (χ3v) is 2.77. The average Bonchev–Trinajstić information content (AvgIpc) is 2.72. The van der Waals surface area contributed by atoms with Crippen molar-refractivity contribution in [1.29, 1.82) is 0 Å². The zero-order valence-electron chi connectivity index (χ0n) is 9.46. The topological polar surface area (TPSA) is 88.1 Å². The number of aromatic nitrogens is 4. The van der Waals surface area contributed by atoms with Crippen LogP contribution in [-0.2, 0) is 15.8 Å². The second kappa shape index (κ2) is 5.86. The van der Waals surface area contributed by atoms with E-state index in [-0.39, 0.29) is 5.95 Å². The quantitative estimate of drug-likeness (QED) is 0.601. The van der Waals surface area contributed by atoms with E-state index in [1.54, 1.807) is 19.6 Å². The van der Waals surface area contributed by atoms with Crippen LogP contribution in [0.1, 0.15) is 0 Å². The number of imidazole rings is 1. The number of nitrogens with two attached hydrogens (primary N) is 1. The maximum absolute atomic E-state index is 5.54. The molecule has 0 spiro atoms. The summed E-state index contributed by atoms with van der Waals surface area (Å²) in [5.74, 6) is 0.251. The lowest BCUT2D eigenvalue weighted by Gasteiger charge is -2.05. The van der Waals surface area contributed by atoms with Crippen molar-refractivity contribution in [3.8, 4) is 0 Å². The number of rotatable bonds is 6. The van der Waals surface area contributed by atoms with Crippen LogP contribution in [-0.4, -0.2) is 39.6 Å². The number of fused-ring (bicyclic) bond motifs is 1. The molecule has 0 saturated heterocycles. The highest BCUT2D eigenvalue weighted by Gasteiger charge is 2.04. The molecule has 8 heteroatoms. The maximum atomic E-state index is 5.54. The summed E-state index contributed by atoms with van der Waals surface area (Å²) in [6.07, 6.45) is 3.93. The van der Waals surface area contributed by atoms with Crippen LogP contribution in [0.5, 0.6) is 0 Å². The van der Waals surface area contributed by atoms with Gasteiger partial charge in [-0.3, -0.25) is 0 Å². The Morgan fingerprint density at radius 3 is 3.18 bits per heavy atom.